The first-order chi connectivity index (χ1) is 23.4. The molecule has 232 valence electrons. The van der Waals surface area contributed by atoms with Crippen molar-refractivity contribution in [3.8, 4) is 33.6 Å². The Hall–Kier alpha value is -5.86. The number of anilines is 3. The van der Waals surface area contributed by atoms with Crippen LogP contribution in [0.15, 0.2) is 174 Å². The fourth-order valence-corrected chi connectivity index (χ4v) is 6.93. The molecule has 0 fully saturated rings. The van der Waals surface area contributed by atoms with Crippen LogP contribution in [0.25, 0.3) is 55.3 Å². The van der Waals surface area contributed by atoms with Gasteiger partial charge >= 0.3 is 0 Å². The summed E-state index contributed by atoms with van der Waals surface area (Å²) in [6.07, 6.45) is 0. The SMILES string of the molecule is CC(C)(C)c1c(-c2cccc(N(c3ccc(-c4ccccc4)cc3)c3ccc(-c4cccc5ccccc45)cc3)c2)oc2ccccc12. The largest absolute Gasteiger partial charge is 0.456 e. The van der Waals surface area contributed by atoms with Crippen molar-refractivity contribution in [3.05, 3.63) is 175 Å². The average molecular weight is 620 g/mol. The lowest BCUT2D eigenvalue weighted by Crippen LogP contribution is -2.12. The summed E-state index contributed by atoms with van der Waals surface area (Å²) in [5.41, 5.74) is 11.2. The molecule has 0 saturated heterocycles. The van der Waals surface area contributed by atoms with E-state index in [2.05, 4.69) is 189 Å². The number of nitrogens with zero attached hydrogens (tertiary/aromatic N) is 1. The molecular weight excluding hydrogens is 583 g/mol. The summed E-state index contributed by atoms with van der Waals surface area (Å²) in [7, 11) is 0. The zero-order chi connectivity index (χ0) is 32.7. The van der Waals surface area contributed by atoms with Crippen LogP contribution in [0, 0.1) is 0 Å². The molecule has 0 aliphatic heterocycles. The van der Waals surface area contributed by atoms with Crippen molar-refractivity contribution in [3.63, 3.8) is 0 Å². The smallest absolute Gasteiger partial charge is 0.139 e. The number of hydrogen-bond acceptors (Lipinski definition) is 2. The van der Waals surface area contributed by atoms with Crippen LogP contribution >= 0.6 is 0 Å². The first-order valence-corrected chi connectivity index (χ1v) is 16.6. The topological polar surface area (TPSA) is 16.4 Å². The lowest BCUT2D eigenvalue weighted by molar-refractivity contribution is 0.568. The maximum Gasteiger partial charge on any atom is 0.139 e. The van der Waals surface area contributed by atoms with E-state index < -0.39 is 0 Å². The molecule has 1 heterocycles. The van der Waals surface area contributed by atoms with E-state index in [0.29, 0.717) is 0 Å². The monoisotopic (exact) mass is 619 g/mol. The van der Waals surface area contributed by atoms with Crippen LogP contribution in [0.2, 0.25) is 0 Å². The lowest BCUT2D eigenvalue weighted by Gasteiger charge is -2.27. The Morgan fingerprint density at radius 1 is 0.438 bits per heavy atom. The molecule has 8 rings (SSSR count). The van der Waals surface area contributed by atoms with E-state index in [0.717, 1.165) is 34.0 Å². The zero-order valence-electron chi connectivity index (χ0n) is 27.5. The maximum atomic E-state index is 6.60. The van der Waals surface area contributed by atoms with Gasteiger partial charge in [-0.2, -0.15) is 0 Å². The van der Waals surface area contributed by atoms with Gasteiger partial charge in [0.1, 0.15) is 11.3 Å². The van der Waals surface area contributed by atoms with Crippen molar-refractivity contribution in [1.82, 2.24) is 0 Å². The van der Waals surface area contributed by atoms with Crippen LogP contribution < -0.4 is 4.90 Å². The van der Waals surface area contributed by atoms with Crippen molar-refractivity contribution >= 4 is 38.8 Å². The van der Waals surface area contributed by atoms with Gasteiger partial charge in [-0.1, -0.05) is 148 Å². The van der Waals surface area contributed by atoms with E-state index in [9.17, 15) is 0 Å². The summed E-state index contributed by atoms with van der Waals surface area (Å²) in [5, 5.41) is 3.67. The Kier molecular flexibility index (Phi) is 7.42. The summed E-state index contributed by atoms with van der Waals surface area (Å²) in [4.78, 5) is 2.34. The Morgan fingerprint density at radius 3 is 1.73 bits per heavy atom. The van der Waals surface area contributed by atoms with Gasteiger partial charge in [0.25, 0.3) is 0 Å². The summed E-state index contributed by atoms with van der Waals surface area (Å²) >= 11 is 0. The summed E-state index contributed by atoms with van der Waals surface area (Å²) < 4.78 is 6.60. The summed E-state index contributed by atoms with van der Waals surface area (Å²) in [5.74, 6) is 0.927. The molecule has 0 saturated carbocycles. The van der Waals surface area contributed by atoms with Crippen LogP contribution in [0.1, 0.15) is 26.3 Å². The van der Waals surface area contributed by atoms with Crippen molar-refractivity contribution in [2.45, 2.75) is 26.2 Å². The van der Waals surface area contributed by atoms with Crippen LogP contribution in [0.4, 0.5) is 17.1 Å². The van der Waals surface area contributed by atoms with Crippen LogP contribution in [0.5, 0.6) is 0 Å². The fraction of sp³-hybridized carbons (Fsp3) is 0.0870. The van der Waals surface area contributed by atoms with Gasteiger partial charge in [0, 0.05) is 33.6 Å². The number of furan rings is 1. The molecule has 0 unspecified atom stereocenters. The van der Waals surface area contributed by atoms with Crippen LogP contribution in [-0.4, -0.2) is 0 Å². The minimum Gasteiger partial charge on any atom is -0.456 e. The standard InChI is InChI=1S/C46H37NO/c1-46(2,3)44-42-20-9-10-22-43(42)48-45(44)36-17-11-18-39(31-36)47(37-27-23-33(24-28-37)32-13-5-4-6-14-32)38-29-25-35(26-30-38)41-21-12-16-34-15-7-8-19-40(34)41/h4-31H,1-3H3. The molecule has 0 atom stereocenters. The molecule has 0 bridgehead atoms. The molecule has 0 aliphatic carbocycles. The first kappa shape index (κ1) is 29.5. The van der Waals surface area contributed by atoms with E-state index in [-0.39, 0.29) is 5.41 Å². The number of fused-ring (bicyclic) bond motifs is 2. The van der Waals surface area contributed by atoms with Gasteiger partial charge in [-0.25, -0.2) is 0 Å². The number of benzene rings is 7. The molecule has 2 heteroatoms. The highest BCUT2D eigenvalue weighted by molar-refractivity contribution is 5.97. The molecule has 0 spiro atoms. The van der Waals surface area contributed by atoms with Gasteiger partial charge in [-0.15, -0.1) is 0 Å². The third-order valence-electron chi connectivity index (χ3n) is 9.17. The number of rotatable bonds is 6. The number of para-hydroxylation sites is 1. The van der Waals surface area contributed by atoms with E-state index in [4.69, 9.17) is 4.42 Å². The molecule has 0 radical (unpaired) electrons. The highest BCUT2D eigenvalue weighted by Crippen LogP contribution is 2.44. The van der Waals surface area contributed by atoms with Gasteiger partial charge in [0.05, 0.1) is 0 Å². The lowest BCUT2D eigenvalue weighted by atomic mass is 9.83. The van der Waals surface area contributed by atoms with Crippen LogP contribution in [0.3, 0.4) is 0 Å². The highest BCUT2D eigenvalue weighted by atomic mass is 16.3. The molecular formula is C46H37NO. The number of hydrogen-bond donors (Lipinski definition) is 0. The third kappa shape index (κ3) is 5.46. The minimum atomic E-state index is -0.0949. The zero-order valence-corrected chi connectivity index (χ0v) is 27.5. The van der Waals surface area contributed by atoms with E-state index in [1.54, 1.807) is 0 Å². The molecule has 1 aromatic heterocycles. The van der Waals surface area contributed by atoms with Crippen molar-refractivity contribution in [1.29, 1.82) is 0 Å². The van der Waals surface area contributed by atoms with Gasteiger partial charge < -0.3 is 9.32 Å². The van der Waals surface area contributed by atoms with Crippen molar-refractivity contribution in [2.75, 3.05) is 4.90 Å². The fourth-order valence-electron chi connectivity index (χ4n) is 6.93. The molecule has 0 amide bonds. The predicted octanol–water partition coefficient (Wildman–Crippen LogP) is 13.4. The normalized spacial score (nSPS) is 11.6. The van der Waals surface area contributed by atoms with Crippen LogP contribution in [-0.2, 0) is 5.41 Å². The van der Waals surface area contributed by atoms with E-state index in [1.165, 1.54) is 44.0 Å². The van der Waals surface area contributed by atoms with E-state index in [1.807, 2.05) is 6.07 Å². The Labute approximate surface area is 282 Å². The van der Waals surface area contributed by atoms with Gasteiger partial charge in [-0.3, -0.25) is 0 Å². The maximum absolute atomic E-state index is 6.60. The third-order valence-corrected chi connectivity index (χ3v) is 9.17. The molecule has 2 nitrogen and oxygen atoms in total. The predicted molar refractivity (Wildman–Crippen MR) is 203 cm³/mol. The Morgan fingerprint density at radius 2 is 1.00 bits per heavy atom. The summed E-state index contributed by atoms with van der Waals surface area (Å²) in [6.45, 7) is 6.78. The molecule has 0 N–H and O–H groups in total. The molecule has 48 heavy (non-hydrogen) atoms. The molecule has 0 aliphatic rings. The highest BCUT2D eigenvalue weighted by Gasteiger charge is 2.26. The summed E-state index contributed by atoms with van der Waals surface area (Å²) in [6, 6.07) is 60.6. The van der Waals surface area contributed by atoms with E-state index >= 15 is 0 Å². The molecule has 8 aromatic rings. The van der Waals surface area contributed by atoms with Crippen molar-refractivity contribution < 1.29 is 4.42 Å². The molecule has 7 aromatic carbocycles. The quantitative estimate of drug-likeness (QED) is 0.184. The second kappa shape index (κ2) is 12.1. The Balaban J connectivity index is 1.25. The van der Waals surface area contributed by atoms with Gasteiger partial charge in [-0.05, 0) is 80.9 Å². The minimum absolute atomic E-state index is 0.0949. The Bertz CT molecular complexity index is 2350. The first-order valence-electron chi connectivity index (χ1n) is 16.6. The second-order valence-electron chi connectivity index (χ2n) is 13.4. The second-order valence-corrected chi connectivity index (χ2v) is 13.4. The van der Waals surface area contributed by atoms with Gasteiger partial charge in [0.2, 0.25) is 0 Å². The average Bonchev–Trinajstić information content (AvgIpc) is 3.54. The van der Waals surface area contributed by atoms with Gasteiger partial charge in [0.15, 0.2) is 0 Å². The van der Waals surface area contributed by atoms with Crippen molar-refractivity contribution in [2.24, 2.45) is 0 Å².